The van der Waals surface area contributed by atoms with Crippen LogP contribution >= 0.6 is 27.7 Å². The van der Waals surface area contributed by atoms with Crippen molar-refractivity contribution >= 4 is 32.9 Å². The summed E-state index contributed by atoms with van der Waals surface area (Å²) in [5.74, 6) is 1.69. The summed E-state index contributed by atoms with van der Waals surface area (Å²) in [5, 5.41) is 3.01. The molecule has 0 aliphatic carbocycles. The Labute approximate surface area is 105 Å². The zero-order valence-corrected chi connectivity index (χ0v) is 11.9. The number of halogens is 1. The highest BCUT2D eigenvalue weighted by Gasteiger charge is 2.28. The minimum absolute atomic E-state index is 0.662. The Morgan fingerprint density at radius 1 is 1.47 bits per heavy atom. The summed E-state index contributed by atoms with van der Waals surface area (Å²) in [5.41, 5.74) is 0. The number of amidine groups is 1. The minimum Gasteiger partial charge on any atom is -0.351 e. The van der Waals surface area contributed by atoms with Gasteiger partial charge in [-0.1, -0.05) is 41.5 Å². The van der Waals surface area contributed by atoms with Gasteiger partial charge in [0.15, 0.2) is 5.17 Å². The fraction of sp³-hybridized carbons (Fsp3) is 0.909. The summed E-state index contributed by atoms with van der Waals surface area (Å²) in [6.07, 6.45) is 1.32. The van der Waals surface area contributed by atoms with Crippen LogP contribution in [0.25, 0.3) is 0 Å². The van der Waals surface area contributed by atoms with Gasteiger partial charge in [-0.25, -0.2) is 0 Å². The lowest BCUT2D eigenvalue weighted by molar-refractivity contribution is 0.207. The molecular formula is C11H19BrN2S. The van der Waals surface area contributed by atoms with E-state index < -0.39 is 0 Å². The smallest absolute Gasteiger partial charge is 0.159 e. The predicted octanol–water partition coefficient (Wildman–Crippen LogP) is 2.83. The molecule has 3 atom stereocenters. The molecule has 0 saturated carbocycles. The van der Waals surface area contributed by atoms with Crippen LogP contribution in [0.2, 0.25) is 0 Å². The molecule has 2 aliphatic heterocycles. The first-order valence-corrected chi connectivity index (χ1v) is 7.73. The Bertz CT molecular complexity index is 257. The van der Waals surface area contributed by atoms with E-state index in [4.69, 9.17) is 0 Å². The number of thioether (sulfide) groups is 1. The van der Waals surface area contributed by atoms with Crippen LogP contribution in [0.3, 0.4) is 0 Å². The van der Waals surface area contributed by atoms with Crippen molar-refractivity contribution in [2.24, 2.45) is 16.8 Å². The zero-order chi connectivity index (χ0) is 10.8. The maximum absolute atomic E-state index is 4.65. The molecule has 3 unspecified atom stereocenters. The van der Waals surface area contributed by atoms with Crippen LogP contribution < -0.4 is 0 Å². The maximum Gasteiger partial charge on any atom is 0.159 e. The molecule has 0 N–H and O–H groups in total. The van der Waals surface area contributed by atoms with Crippen molar-refractivity contribution in [3.8, 4) is 0 Å². The number of alkyl halides is 1. The molecule has 15 heavy (non-hydrogen) atoms. The van der Waals surface area contributed by atoms with E-state index >= 15 is 0 Å². The Morgan fingerprint density at radius 2 is 2.27 bits per heavy atom. The SMILES string of the molecule is CC1CCN(C2=NCC(CBr)S2)CC1C. The van der Waals surface area contributed by atoms with Crippen molar-refractivity contribution < 1.29 is 0 Å². The molecule has 0 aromatic carbocycles. The van der Waals surface area contributed by atoms with Crippen molar-refractivity contribution in [2.45, 2.75) is 25.5 Å². The number of hydrogen-bond donors (Lipinski definition) is 0. The van der Waals surface area contributed by atoms with E-state index in [1.165, 1.54) is 24.7 Å². The standard InChI is InChI=1S/C11H19BrN2S/c1-8-3-4-14(7-9(8)2)11-13-6-10(5-12)15-11/h8-10H,3-7H2,1-2H3. The van der Waals surface area contributed by atoms with E-state index in [-0.39, 0.29) is 0 Å². The van der Waals surface area contributed by atoms with Gasteiger partial charge >= 0.3 is 0 Å². The van der Waals surface area contributed by atoms with Crippen LogP contribution in [0.4, 0.5) is 0 Å². The molecule has 0 amide bonds. The summed E-state index contributed by atoms with van der Waals surface area (Å²) in [7, 11) is 0. The number of likely N-dealkylation sites (tertiary alicyclic amines) is 1. The molecule has 1 fully saturated rings. The molecule has 2 nitrogen and oxygen atoms in total. The van der Waals surface area contributed by atoms with Gasteiger partial charge in [0.05, 0.1) is 6.54 Å². The van der Waals surface area contributed by atoms with Crippen LogP contribution in [0, 0.1) is 11.8 Å². The predicted molar refractivity (Wildman–Crippen MR) is 72.0 cm³/mol. The van der Waals surface area contributed by atoms with Crippen LogP contribution in [0.5, 0.6) is 0 Å². The quantitative estimate of drug-likeness (QED) is 0.690. The van der Waals surface area contributed by atoms with E-state index in [2.05, 4.69) is 39.7 Å². The van der Waals surface area contributed by atoms with Crippen molar-refractivity contribution in [3.63, 3.8) is 0 Å². The van der Waals surface area contributed by atoms with Gasteiger partial charge in [0.1, 0.15) is 0 Å². The molecule has 0 aromatic heterocycles. The van der Waals surface area contributed by atoms with Crippen LogP contribution in [0.15, 0.2) is 4.99 Å². The number of piperidine rings is 1. The molecule has 0 aromatic rings. The Hall–Kier alpha value is 0.300. The molecule has 0 radical (unpaired) electrons. The highest BCUT2D eigenvalue weighted by atomic mass is 79.9. The lowest BCUT2D eigenvalue weighted by atomic mass is 9.89. The molecule has 4 heteroatoms. The number of nitrogens with zero attached hydrogens (tertiary/aromatic N) is 2. The van der Waals surface area contributed by atoms with Crippen molar-refractivity contribution in [1.82, 2.24) is 4.90 Å². The number of hydrogen-bond acceptors (Lipinski definition) is 3. The molecule has 2 heterocycles. The van der Waals surface area contributed by atoms with Crippen LogP contribution in [-0.4, -0.2) is 40.3 Å². The first-order valence-electron chi connectivity index (χ1n) is 5.72. The summed E-state index contributed by atoms with van der Waals surface area (Å²) >= 11 is 5.49. The normalized spacial score (nSPS) is 36.9. The van der Waals surface area contributed by atoms with E-state index in [1.807, 2.05) is 11.8 Å². The second-order valence-corrected chi connectivity index (χ2v) is 6.62. The van der Waals surface area contributed by atoms with Gasteiger partial charge in [0.2, 0.25) is 0 Å². The van der Waals surface area contributed by atoms with Crippen molar-refractivity contribution in [2.75, 3.05) is 25.0 Å². The monoisotopic (exact) mass is 290 g/mol. The molecule has 0 spiro atoms. The average molecular weight is 291 g/mol. The van der Waals surface area contributed by atoms with E-state index in [9.17, 15) is 0 Å². The minimum atomic E-state index is 0.662. The summed E-state index contributed by atoms with van der Waals surface area (Å²) < 4.78 is 0. The van der Waals surface area contributed by atoms with Gasteiger partial charge in [0, 0.05) is 23.7 Å². The topological polar surface area (TPSA) is 15.6 Å². The molecule has 86 valence electrons. The molecule has 0 bridgehead atoms. The summed E-state index contributed by atoms with van der Waals surface area (Å²) in [6.45, 7) is 8.12. The third-order valence-corrected chi connectivity index (χ3v) is 5.94. The lowest BCUT2D eigenvalue weighted by Crippen LogP contribution is -2.40. The van der Waals surface area contributed by atoms with E-state index in [1.54, 1.807) is 0 Å². The number of aliphatic imine (C=N–C) groups is 1. The Balaban J connectivity index is 1.90. The van der Waals surface area contributed by atoms with Gasteiger partial charge in [-0.3, -0.25) is 4.99 Å². The number of rotatable bonds is 1. The largest absolute Gasteiger partial charge is 0.351 e. The van der Waals surface area contributed by atoms with Crippen molar-refractivity contribution in [3.05, 3.63) is 0 Å². The highest BCUT2D eigenvalue weighted by Crippen LogP contribution is 2.29. The van der Waals surface area contributed by atoms with Crippen molar-refractivity contribution in [1.29, 1.82) is 0 Å². The molecule has 1 saturated heterocycles. The van der Waals surface area contributed by atoms with Gasteiger partial charge in [-0.15, -0.1) is 0 Å². The van der Waals surface area contributed by atoms with Gasteiger partial charge < -0.3 is 4.90 Å². The fourth-order valence-electron chi connectivity index (χ4n) is 2.09. The summed E-state index contributed by atoms with van der Waals surface area (Å²) in [4.78, 5) is 7.13. The van der Waals surface area contributed by atoms with Gasteiger partial charge in [-0.05, 0) is 18.3 Å². The van der Waals surface area contributed by atoms with Crippen LogP contribution in [-0.2, 0) is 0 Å². The Kier molecular flexibility index (Phi) is 3.99. The van der Waals surface area contributed by atoms with E-state index in [0.717, 1.165) is 23.7 Å². The summed E-state index contributed by atoms with van der Waals surface area (Å²) in [6, 6.07) is 0. The molecular weight excluding hydrogens is 272 g/mol. The molecule has 2 aliphatic rings. The van der Waals surface area contributed by atoms with Crippen LogP contribution in [0.1, 0.15) is 20.3 Å². The molecule has 2 rings (SSSR count). The van der Waals surface area contributed by atoms with Gasteiger partial charge in [0.25, 0.3) is 0 Å². The van der Waals surface area contributed by atoms with E-state index in [0.29, 0.717) is 5.25 Å². The lowest BCUT2D eigenvalue weighted by Gasteiger charge is -2.36. The van der Waals surface area contributed by atoms with Gasteiger partial charge in [-0.2, -0.15) is 0 Å². The highest BCUT2D eigenvalue weighted by molar-refractivity contribution is 9.09. The first kappa shape index (κ1) is 11.8. The third-order valence-electron chi connectivity index (χ3n) is 3.48. The first-order chi connectivity index (χ1) is 7.20. The zero-order valence-electron chi connectivity index (χ0n) is 9.45. The average Bonchev–Trinajstić information content (AvgIpc) is 2.70. The second-order valence-electron chi connectivity index (χ2n) is 4.71. The maximum atomic E-state index is 4.65. The Morgan fingerprint density at radius 3 is 2.87 bits per heavy atom. The fourth-order valence-corrected chi connectivity index (χ4v) is 3.67. The second kappa shape index (κ2) is 5.09. The third kappa shape index (κ3) is 2.70.